The number of pyridine rings is 1. The summed E-state index contributed by atoms with van der Waals surface area (Å²) in [6, 6.07) is 8.51. The molecule has 0 spiro atoms. The van der Waals surface area contributed by atoms with Crippen molar-refractivity contribution in [1.82, 2.24) is 4.57 Å². The standard InChI is InChI=1S/C27H16F8N2O3/c1-39-23-5-3-14(6-20(23)26(31,32)13-28)16-7-24(40-12-16)22-9-19(27(33,34)35)18(10-36)25(38)37(22)11-15-2-4-17(29)8-21(15)30/h2-9,12H,11,13H2,1H3. The summed E-state index contributed by atoms with van der Waals surface area (Å²) in [4.78, 5) is 13.0. The van der Waals surface area contributed by atoms with Gasteiger partial charge < -0.3 is 9.15 Å². The second-order valence-electron chi connectivity index (χ2n) is 8.51. The third kappa shape index (κ3) is 5.29. The van der Waals surface area contributed by atoms with Gasteiger partial charge in [0.25, 0.3) is 5.56 Å². The molecule has 0 N–H and O–H groups in total. The Hall–Kier alpha value is -4.60. The lowest BCUT2D eigenvalue weighted by Gasteiger charge is -2.17. The van der Waals surface area contributed by atoms with Crippen molar-refractivity contribution >= 4 is 0 Å². The summed E-state index contributed by atoms with van der Waals surface area (Å²) in [6.07, 6.45) is -4.15. The van der Waals surface area contributed by atoms with E-state index in [0.29, 0.717) is 16.7 Å². The number of furan rings is 1. The van der Waals surface area contributed by atoms with Crippen LogP contribution in [0.15, 0.2) is 64.0 Å². The van der Waals surface area contributed by atoms with Gasteiger partial charge in [0.15, 0.2) is 12.4 Å². The third-order valence-corrected chi connectivity index (χ3v) is 6.01. The Balaban J connectivity index is 1.92. The van der Waals surface area contributed by atoms with Gasteiger partial charge in [-0.05, 0) is 35.9 Å². The van der Waals surface area contributed by atoms with Gasteiger partial charge in [-0.3, -0.25) is 9.36 Å². The van der Waals surface area contributed by atoms with Gasteiger partial charge in [0.2, 0.25) is 0 Å². The van der Waals surface area contributed by atoms with E-state index < -0.39 is 64.9 Å². The van der Waals surface area contributed by atoms with Crippen molar-refractivity contribution in [3.63, 3.8) is 0 Å². The Morgan fingerprint density at radius 2 is 1.70 bits per heavy atom. The molecule has 208 valence electrons. The molecule has 4 aromatic rings. The zero-order valence-corrected chi connectivity index (χ0v) is 20.3. The fourth-order valence-corrected chi connectivity index (χ4v) is 4.03. The average Bonchev–Trinajstić information content (AvgIpc) is 3.40. The minimum absolute atomic E-state index is 0.0436. The topological polar surface area (TPSA) is 68.2 Å². The molecule has 2 heterocycles. The molecule has 0 atom stereocenters. The molecule has 0 radical (unpaired) electrons. The van der Waals surface area contributed by atoms with E-state index in [0.717, 1.165) is 43.7 Å². The van der Waals surface area contributed by atoms with Crippen molar-refractivity contribution < 1.29 is 44.3 Å². The molecule has 0 unspecified atom stereocenters. The van der Waals surface area contributed by atoms with E-state index in [1.165, 1.54) is 12.1 Å². The summed E-state index contributed by atoms with van der Waals surface area (Å²) in [5.41, 5.74) is -5.79. The van der Waals surface area contributed by atoms with Gasteiger partial charge in [-0.2, -0.15) is 27.2 Å². The Bertz CT molecular complexity index is 1680. The van der Waals surface area contributed by atoms with E-state index in [4.69, 9.17) is 9.15 Å². The monoisotopic (exact) mass is 568 g/mol. The molecule has 4 rings (SSSR count). The average molecular weight is 568 g/mol. The van der Waals surface area contributed by atoms with E-state index in [1.54, 1.807) is 0 Å². The third-order valence-electron chi connectivity index (χ3n) is 6.01. The van der Waals surface area contributed by atoms with E-state index in [-0.39, 0.29) is 28.2 Å². The number of methoxy groups -OCH3 is 1. The van der Waals surface area contributed by atoms with Crippen LogP contribution < -0.4 is 10.3 Å². The first-order valence-electron chi connectivity index (χ1n) is 11.2. The number of rotatable bonds is 7. The first-order chi connectivity index (χ1) is 18.8. The van der Waals surface area contributed by atoms with Crippen LogP contribution >= 0.6 is 0 Å². The highest BCUT2D eigenvalue weighted by Crippen LogP contribution is 2.40. The van der Waals surface area contributed by atoms with Crippen LogP contribution in [0.5, 0.6) is 5.75 Å². The van der Waals surface area contributed by atoms with Crippen LogP contribution in [0.1, 0.15) is 22.3 Å². The zero-order valence-electron chi connectivity index (χ0n) is 20.3. The molecule has 0 saturated carbocycles. The summed E-state index contributed by atoms with van der Waals surface area (Å²) in [7, 11) is 1.11. The molecule has 2 aromatic carbocycles. The number of nitrogens with zero attached hydrogens (tertiary/aromatic N) is 2. The lowest BCUT2D eigenvalue weighted by Crippen LogP contribution is -2.29. The Morgan fingerprint density at radius 1 is 0.975 bits per heavy atom. The zero-order chi connectivity index (χ0) is 29.4. The number of benzene rings is 2. The molecular weight excluding hydrogens is 552 g/mol. The minimum Gasteiger partial charge on any atom is -0.496 e. The van der Waals surface area contributed by atoms with Crippen molar-refractivity contribution in [2.45, 2.75) is 18.6 Å². The summed E-state index contributed by atoms with van der Waals surface area (Å²) in [6.45, 7) is -2.74. The molecule has 13 heteroatoms. The molecule has 0 saturated heterocycles. The lowest BCUT2D eigenvalue weighted by atomic mass is 10.0. The largest absolute Gasteiger partial charge is 0.496 e. The predicted octanol–water partition coefficient (Wildman–Crippen LogP) is 7.06. The molecule has 40 heavy (non-hydrogen) atoms. The molecule has 5 nitrogen and oxygen atoms in total. The first kappa shape index (κ1) is 28.4. The van der Waals surface area contributed by atoms with Crippen molar-refractivity contribution in [1.29, 1.82) is 5.26 Å². The second-order valence-corrected chi connectivity index (χ2v) is 8.51. The van der Waals surface area contributed by atoms with Crippen molar-refractivity contribution in [2.75, 3.05) is 13.8 Å². The van der Waals surface area contributed by atoms with Gasteiger partial charge >= 0.3 is 12.1 Å². The summed E-state index contributed by atoms with van der Waals surface area (Å²) in [5, 5.41) is 9.30. The highest BCUT2D eigenvalue weighted by Gasteiger charge is 2.37. The quantitative estimate of drug-likeness (QED) is 0.224. The van der Waals surface area contributed by atoms with Crippen LogP contribution in [0.3, 0.4) is 0 Å². The van der Waals surface area contributed by atoms with Gasteiger partial charge in [0.05, 0.1) is 36.7 Å². The maximum Gasteiger partial charge on any atom is 0.417 e. The molecule has 2 aromatic heterocycles. The number of ether oxygens (including phenoxy) is 1. The molecule has 0 fully saturated rings. The van der Waals surface area contributed by atoms with E-state index in [2.05, 4.69) is 0 Å². The first-order valence-corrected chi connectivity index (χ1v) is 11.2. The molecule has 0 aliphatic heterocycles. The number of nitriles is 1. The highest BCUT2D eigenvalue weighted by atomic mass is 19.4. The van der Waals surface area contributed by atoms with Gasteiger partial charge in [-0.15, -0.1) is 0 Å². The van der Waals surface area contributed by atoms with Gasteiger partial charge in [0, 0.05) is 17.2 Å². The number of aromatic nitrogens is 1. The Morgan fingerprint density at radius 3 is 2.30 bits per heavy atom. The van der Waals surface area contributed by atoms with Crippen LogP contribution in [0.25, 0.3) is 22.6 Å². The molecule has 0 aliphatic rings. The van der Waals surface area contributed by atoms with E-state index in [1.807, 2.05) is 0 Å². The smallest absolute Gasteiger partial charge is 0.417 e. The van der Waals surface area contributed by atoms with Crippen LogP contribution in [0.2, 0.25) is 0 Å². The molecule has 0 aliphatic carbocycles. The van der Waals surface area contributed by atoms with Crippen LogP contribution in [-0.4, -0.2) is 18.4 Å². The van der Waals surface area contributed by atoms with E-state index >= 15 is 0 Å². The summed E-state index contributed by atoms with van der Waals surface area (Å²) in [5.74, 6) is -6.64. The van der Waals surface area contributed by atoms with Crippen LogP contribution in [-0.2, 0) is 18.6 Å². The fraction of sp³-hybridized carbons (Fsp3) is 0.185. The summed E-state index contributed by atoms with van der Waals surface area (Å²) < 4.78 is 121. The van der Waals surface area contributed by atoms with Gasteiger partial charge in [0.1, 0.15) is 29.0 Å². The van der Waals surface area contributed by atoms with Gasteiger partial charge in [-0.25, -0.2) is 13.2 Å². The summed E-state index contributed by atoms with van der Waals surface area (Å²) >= 11 is 0. The number of halogens is 8. The van der Waals surface area contributed by atoms with E-state index in [9.17, 15) is 45.2 Å². The normalized spacial score (nSPS) is 11.9. The highest BCUT2D eigenvalue weighted by molar-refractivity contribution is 5.71. The van der Waals surface area contributed by atoms with Crippen molar-refractivity contribution in [3.05, 3.63) is 99.0 Å². The van der Waals surface area contributed by atoms with Gasteiger partial charge in [-0.1, -0.05) is 12.1 Å². The molecule has 0 amide bonds. The molecular formula is C27H16F8N2O3. The van der Waals surface area contributed by atoms with Crippen LogP contribution in [0, 0.1) is 23.0 Å². The molecule has 0 bridgehead atoms. The minimum atomic E-state index is -5.14. The van der Waals surface area contributed by atoms with Crippen LogP contribution in [0.4, 0.5) is 35.1 Å². The maximum atomic E-state index is 14.4. The SMILES string of the molecule is COc1ccc(-c2coc(-c3cc(C(F)(F)F)c(C#N)c(=O)n3Cc3ccc(F)cc3F)c2)cc1C(F)(F)CF. The fourth-order valence-electron chi connectivity index (χ4n) is 4.03. The maximum absolute atomic E-state index is 14.4. The number of hydrogen-bond donors (Lipinski definition) is 0. The number of alkyl halides is 6. The second kappa shape index (κ2) is 10.5. The Kier molecular flexibility index (Phi) is 7.47. The van der Waals surface area contributed by atoms with Crippen molar-refractivity contribution in [2.24, 2.45) is 0 Å². The number of hydrogen-bond acceptors (Lipinski definition) is 4. The Labute approximate surface area is 220 Å². The predicted molar refractivity (Wildman–Crippen MR) is 125 cm³/mol. The lowest BCUT2D eigenvalue weighted by molar-refractivity contribution is -0.137. The van der Waals surface area contributed by atoms with Crippen molar-refractivity contribution in [3.8, 4) is 34.4 Å².